The van der Waals surface area contributed by atoms with E-state index in [0.29, 0.717) is 74.5 Å². The van der Waals surface area contributed by atoms with Gasteiger partial charge in [0.2, 0.25) is 0 Å². The molecule has 29 heavy (non-hydrogen) atoms. The Morgan fingerprint density at radius 1 is 0.828 bits per heavy atom. The monoisotopic (exact) mass is 418 g/mol. The van der Waals surface area contributed by atoms with E-state index in [0.717, 1.165) is 11.3 Å². The average Bonchev–Trinajstić information content (AvgIpc) is 3.16. The van der Waals surface area contributed by atoms with Gasteiger partial charge in [-0.05, 0) is 12.1 Å². The number of fused-ring (bicyclic) bond motifs is 2. The van der Waals surface area contributed by atoms with Crippen molar-refractivity contribution in [1.82, 2.24) is 19.5 Å². The van der Waals surface area contributed by atoms with Crippen molar-refractivity contribution in [2.24, 2.45) is 0 Å². The SMILES string of the molecule is S=c1nc[nH]c2c1ncn2-c1ccc2c(c1)OCCOCCOCCOCCO2. The molecule has 1 aliphatic heterocycles. The molecule has 0 amide bonds. The molecule has 3 aromatic rings. The van der Waals surface area contributed by atoms with Crippen LogP contribution in [0.4, 0.5) is 0 Å². The number of benzene rings is 1. The van der Waals surface area contributed by atoms with Crippen LogP contribution < -0.4 is 9.47 Å². The molecule has 1 N–H and O–H groups in total. The van der Waals surface area contributed by atoms with E-state index in [-0.39, 0.29) is 0 Å². The highest BCUT2D eigenvalue weighted by Crippen LogP contribution is 2.31. The van der Waals surface area contributed by atoms with E-state index in [1.165, 1.54) is 0 Å². The zero-order valence-corrected chi connectivity index (χ0v) is 16.7. The molecule has 0 atom stereocenters. The molecule has 0 fully saturated rings. The van der Waals surface area contributed by atoms with Crippen molar-refractivity contribution in [3.8, 4) is 17.2 Å². The lowest BCUT2D eigenvalue weighted by atomic mass is 10.2. The maximum Gasteiger partial charge on any atom is 0.163 e. The van der Waals surface area contributed by atoms with Crippen LogP contribution in [0.1, 0.15) is 0 Å². The van der Waals surface area contributed by atoms with Gasteiger partial charge in [-0.15, -0.1) is 0 Å². The van der Waals surface area contributed by atoms with Crippen LogP contribution >= 0.6 is 12.2 Å². The Bertz CT molecular complexity index is 1010. The molecule has 9 nitrogen and oxygen atoms in total. The third-order valence-electron chi connectivity index (χ3n) is 4.27. The minimum absolute atomic E-state index is 0.396. The Balaban J connectivity index is 1.59. The van der Waals surface area contributed by atoms with E-state index in [1.807, 2.05) is 22.8 Å². The van der Waals surface area contributed by atoms with Crippen LogP contribution in [0.5, 0.6) is 11.5 Å². The molecule has 3 heterocycles. The van der Waals surface area contributed by atoms with Gasteiger partial charge in [-0.2, -0.15) is 0 Å². The van der Waals surface area contributed by atoms with Crippen LogP contribution in [0, 0.1) is 4.64 Å². The molecule has 10 heteroatoms. The maximum absolute atomic E-state index is 5.93. The number of nitrogens with zero attached hydrogens (tertiary/aromatic N) is 3. The smallest absolute Gasteiger partial charge is 0.163 e. The summed E-state index contributed by atoms with van der Waals surface area (Å²) >= 11 is 5.24. The third-order valence-corrected chi connectivity index (χ3v) is 4.57. The summed E-state index contributed by atoms with van der Waals surface area (Å²) in [6, 6.07) is 5.70. The quantitative estimate of drug-likeness (QED) is 0.602. The van der Waals surface area contributed by atoms with Crippen molar-refractivity contribution in [1.29, 1.82) is 0 Å². The van der Waals surface area contributed by atoms with Gasteiger partial charge in [-0.25, -0.2) is 9.97 Å². The number of aromatic amines is 1. The summed E-state index contributed by atoms with van der Waals surface area (Å²) in [4.78, 5) is 11.5. The fourth-order valence-electron chi connectivity index (χ4n) is 2.89. The molecule has 0 unspecified atom stereocenters. The number of imidazole rings is 1. The van der Waals surface area contributed by atoms with Crippen LogP contribution in [0.3, 0.4) is 0 Å². The third kappa shape index (κ3) is 4.91. The molecule has 4 rings (SSSR count). The number of aromatic nitrogens is 4. The summed E-state index contributed by atoms with van der Waals surface area (Å²) in [5.74, 6) is 1.26. The first-order valence-electron chi connectivity index (χ1n) is 9.37. The van der Waals surface area contributed by atoms with E-state index in [9.17, 15) is 0 Å². The number of hydrogen-bond acceptors (Lipinski definition) is 8. The Hall–Kier alpha value is -2.53. The maximum atomic E-state index is 5.93. The van der Waals surface area contributed by atoms with Gasteiger partial charge >= 0.3 is 0 Å². The van der Waals surface area contributed by atoms with Crippen molar-refractivity contribution < 1.29 is 23.7 Å². The summed E-state index contributed by atoms with van der Waals surface area (Å²) in [6.45, 7) is 3.84. The van der Waals surface area contributed by atoms with Gasteiger partial charge < -0.3 is 28.7 Å². The molecule has 1 aromatic carbocycles. The highest BCUT2D eigenvalue weighted by molar-refractivity contribution is 7.71. The molecule has 0 saturated heterocycles. The van der Waals surface area contributed by atoms with Crippen molar-refractivity contribution >= 4 is 23.4 Å². The number of rotatable bonds is 1. The predicted molar refractivity (Wildman–Crippen MR) is 107 cm³/mol. The van der Waals surface area contributed by atoms with E-state index in [2.05, 4.69) is 15.0 Å². The van der Waals surface area contributed by atoms with Crippen molar-refractivity contribution in [2.75, 3.05) is 52.9 Å². The van der Waals surface area contributed by atoms with E-state index < -0.39 is 0 Å². The Labute approximate surface area is 172 Å². The van der Waals surface area contributed by atoms with Gasteiger partial charge in [0.1, 0.15) is 30.7 Å². The molecule has 0 aliphatic carbocycles. The number of hydrogen-bond donors (Lipinski definition) is 1. The number of nitrogens with one attached hydrogen (secondary N) is 1. The lowest BCUT2D eigenvalue weighted by molar-refractivity contribution is 0.00708. The molecule has 0 bridgehead atoms. The topological polar surface area (TPSA) is 92.7 Å². The van der Waals surface area contributed by atoms with Gasteiger partial charge in [0.25, 0.3) is 0 Å². The molecule has 2 aromatic heterocycles. The zero-order chi connectivity index (χ0) is 19.9. The van der Waals surface area contributed by atoms with Gasteiger partial charge in [0, 0.05) is 6.07 Å². The number of H-pyrrole nitrogens is 1. The molecule has 0 radical (unpaired) electrons. The van der Waals surface area contributed by atoms with Crippen LogP contribution in [0.15, 0.2) is 30.9 Å². The van der Waals surface area contributed by atoms with Crippen LogP contribution in [0.25, 0.3) is 16.9 Å². The second-order valence-corrected chi connectivity index (χ2v) is 6.57. The van der Waals surface area contributed by atoms with Crippen molar-refractivity contribution in [2.45, 2.75) is 0 Å². The summed E-state index contributed by atoms with van der Waals surface area (Å²) in [6.07, 6.45) is 3.26. The highest BCUT2D eigenvalue weighted by Gasteiger charge is 2.12. The van der Waals surface area contributed by atoms with Gasteiger partial charge in [0.15, 0.2) is 16.1 Å². The van der Waals surface area contributed by atoms with Crippen LogP contribution in [0.2, 0.25) is 0 Å². The van der Waals surface area contributed by atoms with E-state index in [1.54, 1.807) is 12.7 Å². The van der Waals surface area contributed by atoms with Gasteiger partial charge in [-0.3, -0.25) is 4.57 Å². The molecule has 0 saturated carbocycles. The standard InChI is InChI=1S/C19H22N4O5S/c29-19-17-18(20-12-21-19)23(13-22-17)14-1-2-15-16(11-14)28-10-8-26-6-4-24-3-5-25-7-9-27-15/h1-2,11-13H,3-10H2,(H,20,21,29). The van der Waals surface area contributed by atoms with E-state index in [4.69, 9.17) is 35.9 Å². The Morgan fingerprint density at radius 3 is 2.21 bits per heavy atom. The lowest BCUT2D eigenvalue weighted by Gasteiger charge is -2.15. The molecular formula is C19H22N4O5S. The fourth-order valence-corrected chi connectivity index (χ4v) is 3.10. The molecule has 0 spiro atoms. The first-order valence-corrected chi connectivity index (χ1v) is 9.78. The highest BCUT2D eigenvalue weighted by atomic mass is 32.1. The second kappa shape index (κ2) is 9.79. The minimum atomic E-state index is 0.396. The zero-order valence-electron chi connectivity index (χ0n) is 15.8. The minimum Gasteiger partial charge on any atom is -0.487 e. The molecule has 154 valence electrons. The fraction of sp³-hybridized carbons (Fsp3) is 0.421. The largest absolute Gasteiger partial charge is 0.487 e. The van der Waals surface area contributed by atoms with Crippen LogP contribution in [-0.4, -0.2) is 72.4 Å². The summed E-state index contributed by atoms with van der Waals surface area (Å²) in [5, 5.41) is 0. The van der Waals surface area contributed by atoms with Gasteiger partial charge in [0.05, 0.1) is 51.7 Å². The Morgan fingerprint density at radius 2 is 1.48 bits per heavy atom. The summed E-state index contributed by atoms with van der Waals surface area (Å²) < 4.78 is 30.6. The average molecular weight is 418 g/mol. The molecular weight excluding hydrogens is 396 g/mol. The lowest BCUT2D eigenvalue weighted by Crippen LogP contribution is -2.13. The van der Waals surface area contributed by atoms with Crippen molar-refractivity contribution in [3.63, 3.8) is 0 Å². The molecule has 1 aliphatic rings. The first kappa shape index (κ1) is 19.8. The van der Waals surface area contributed by atoms with E-state index >= 15 is 0 Å². The van der Waals surface area contributed by atoms with Gasteiger partial charge in [-0.1, -0.05) is 12.2 Å². The Kier molecular flexibility index (Phi) is 6.67. The van der Waals surface area contributed by atoms with Crippen LogP contribution in [-0.2, 0) is 14.2 Å². The van der Waals surface area contributed by atoms with Crippen molar-refractivity contribution in [3.05, 3.63) is 35.5 Å². The summed E-state index contributed by atoms with van der Waals surface area (Å²) in [5.41, 5.74) is 2.26. The summed E-state index contributed by atoms with van der Waals surface area (Å²) in [7, 11) is 0. The number of ether oxygens (including phenoxy) is 5. The first-order chi connectivity index (χ1) is 14.3. The predicted octanol–water partition coefficient (Wildman–Crippen LogP) is 2.30. The second-order valence-electron chi connectivity index (χ2n) is 6.18. The normalized spacial score (nSPS) is 16.8.